The van der Waals surface area contributed by atoms with Crippen molar-refractivity contribution in [1.82, 2.24) is 4.90 Å². The highest BCUT2D eigenvalue weighted by Gasteiger charge is 2.55. The van der Waals surface area contributed by atoms with Gasteiger partial charge in [-0.05, 0) is 83.1 Å². The topological polar surface area (TPSA) is 69.3 Å². The molecular formula is C37H27Br2N3O2. The number of rotatable bonds is 3. The number of hydrogen-bond donors (Lipinski definition) is 0. The molecule has 0 radical (unpaired) electrons. The lowest BCUT2D eigenvalue weighted by atomic mass is 9.61. The van der Waals surface area contributed by atoms with Gasteiger partial charge in [0.25, 0.3) is 0 Å². The molecule has 0 amide bonds. The van der Waals surface area contributed by atoms with Gasteiger partial charge in [0, 0.05) is 32.7 Å². The van der Waals surface area contributed by atoms with Gasteiger partial charge in [-0.3, -0.25) is 0 Å². The first kappa shape index (κ1) is 28.5. The van der Waals surface area contributed by atoms with Gasteiger partial charge in [-0.25, -0.2) is 0 Å². The Morgan fingerprint density at radius 1 is 0.795 bits per heavy atom. The first-order valence-electron chi connectivity index (χ1n) is 14.3. The third-order valence-corrected chi connectivity index (χ3v) is 10.2. The van der Waals surface area contributed by atoms with Gasteiger partial charge in [-0.15, -0.1) is 0 Å². The molecule has 1 atom stereocenters. The number of hydrogen-bond acceptors (Lipinski definition) is 5. The molecule has 0 saturated carbocycles. The molecule has 4 aromatic rings. The molecule has 44 heavy (non-hydrogen) atoms. The van der Waals surface area contributed by atoms with E-state index in [4.69, 9.17) is 9.47 Å². The van der Waals surface area contributed by atoms with Crippen LogP contribution >= 0.6 is 31.9 Å². The third kappa shape index (κ3) is 4.00. The minimum atomic E-state index is -0.978. The molecule has 4 aromatic carbocycles. The van der Waals surface area contributed by atoms with Crippen LogP contribution in [0.5, 0.6) is 11.5 Å². The van der Waals surface area contributed by atoms with Gasteiger partial charge < -0.3 is 14.4 Å². The molecule has 0 saturated heterocycles. The van der Waals surface area contributed by atoms with Gasteiger partial charge in [0.2, 0.25) is 0 Å². The standard InChI is InChI=1S/C37H27Br2N3O2/c1-21-4-6-22(7-5-21)29-18-33-28-17-36(44-3)35(43-2)14-23(28)12-13-42(33)34(20-41)32(19-40)37(29)30-15-24(38)8-10-26(30)27-11-9-25(39)16-31(27)37/h4-11,14-18,29H,12-13H2,1-3H3/t29-/m1/s1. The van der Waals surface area contributed by atoms with E-state index in [1.807, 2.05) is 29.2 Å². The summed E-state index contributed by atoms with van der Waals surface area (Å²) in [6.45, 7) is 2.63. The van der Waals surface area contributed by atoms with E-state index in [1.165, 1.54) is 0 Å². The molecule has 0 N–H and O–H groups in total. The number of benzene rings is 4. The normalized spacial score (nSPS) is 17.4. The lowest BCUT2D eigenvalue weighted by Gasteiger charge is -2.38. The summed E-state index contributed by atoms with van der Waals surface area (Å²) in [7, 11) is 3.27. The molecule has 1 spiro atoms. The van der Waals surface area contributed by atoms with Crippen LogP contribution in [0.15, 0.2) is 99.1 Å². The molecule has 0 unspecified atom stereocenters. The van der Waals surface area contributed by atoms with Crippen molar-refractivity contribution >= 4 is 37.6 Å². The van der Waals surface area contributed by atoms with E-state index in [9.17, 15) is 10.5 Å². The van der Waals surface area contributed by atoms with Crippen LogP contribution < -0.4 is 9.47 Å². The average Bonchev–Trinajstić information content (AvgIpc) is 3.22. The zero-order valence-corrected chi connectivity index (χ0v) is 27.6. The summed E-state index contributed by atoms with van der Waals surface area (Å²) >= 11 is 7.48. The zero-order chi connectivity index (χ0) is 30.7. The lowest BCUT2D eigenvalue weighted by Crippen LogP contribution is -2.35. The molecule has 5 nitrogen and oxygen atoms in total. The molecule has 2 aliphatic heterocycles. The Morgan fingerprint density at radius 2 is 1.41 bits per heavy atom. The molecule has 1 aliphatic carbocycles. The number of methoxy groups -OCH3 is 2. The van der Waals surface area contributed by atoms with Gasteiger partial charge in [0.1, 0.15) is 11.8 Å². The fourth-order valence-electron chi connectivity index (χ4n) is 7.32. The highest BCUT2D eigenvalue weighted by atomic mass is 79.9. The van der Waals surface area contributed by atoms with Crippen molar-refractivity contribution in [2.24, 2.45) is 0 Å². The second-order valence-corrected chi connectivity index (χ2v) is 13.2. The van der Waals surface area contributed by atoms with E-state index in [2.05, 4.69) is 106 Å². The van der Waals surface area contributed by atoms with Crippen molar-refractivity contribution in [3.05, 3.63) is 132 Å². The van der Waals surface area contributed by atoms with E-state index < -0.39 is 5.41 Å². The molecule has 3 aliphatic rings. The van der Waals surface area contributed by atoms with Crippen LogP contribution in [0.2, 0.25) is 0 Å². The predicted octanol–water partition coefficient (Wildman–Crippen LogP) is 8.80. The number of ether oxygens (including phenoxy) is 2. The molecular weight excluding hydrogens is 678 g/mol. The van der Waals surface area contributed by atoms with Crippen LogP contribution in [0.25, 0.3) is 16.8 Å². The highest BCUT2D eigenvalue weighted by Crippen LogP contribution is 2.63. The van der Waals surface area contributed by atoms with Gasteiger partial charge in [0.15, 0.2) is 11.5 Å². The Labute approximate surface area is 273 Å². The van der Waals surface area contributed by atoms with Gasteiger partial charge in [-0.2, -0.15) is 10.5 Å². The third-order valence-electron chi connectivity index (χ3n) is 9.23. The Kier molecular flexibility index (Phi) is 6.92. The Morgan fingerprint density at radius 3 is 1.98 bits per heavy atom. The number of halogens is 2. The average molecular weight is 705 g/mol. The molecule has 0 fully saturated rings. The van der Waals surface area contributed by atoms with Crippen molar-refractivity contribution in [3.8, 4) is 34.8 Å². The van der Waals surface area contributed by atoms with Crippen molar-refractivity contribution < 1.29 is 9.47 Å². The Hall–Kier alpha value is -4.30. The molecule has 0 bridgehead atoms. The Bertz CT molecular complexity index is 1960. The summed E-state index contributed by atoms with van der Waals surface area (Å²) in [6, 6.07) is 30.3. The smallest absolute Gasteiger partial charge is 0.161 e. The molecule has 216 valence electrons. The number of allylic oxidation sites excluding steroid dienone is 3. The molecule has 7 rings (SSSR count). The van der Waals surface area contributed by atoms with E-state index >= 15 is 0 Å². The zero-order valence-electron chi connectivity index (χ0n) is 24.4. The van der Waals surface area contributed by atoms with E-state index in [-0.39, 0.29) is 5.92 Å². The first-order chi connectivity index (χ1) is 21.3. The van der Waals surface area contributed by atoms with Crippen LogP contribution in [0, 0.1) is 29.6 Å². The first-order valence-corrected chi connectivity index (χ1v) is 15.9. The number of nitrogens with zero attached hydrogens (tertiary/aromatic N) is 3. The number of aryl methyl sites for hydroxylation is 1. The summed E-state index contributed by atoms with van der Waals surface area (Å²) < 4.78 is 13.2. The quantitative estimate of drug-likeness (QED) is 0.213. The molecule has 2 heterocycles. The van der Waals surface area contributed by atoms with E-state index in [0.29, 0.717) is 35.7 Å². The van der Waals surface area contributed by atoms with Crippen LogP contribution in [0.3, 0.4) is 0 Å². The molecule has 0 aromatic heterocycles. The van der Waals surface area contributed by atoms with Crippen LogP contribution in [-0.2, 0) is 11.8 Å². The SMILES string of the molecule is COc1cc2c(cc1OC)C1=C[C@H](c3ccc(C)cc3)C3(C(C#N)=C(C#N)N1CC2)c1cc(Br)ccc1-c1ccc(Br)cc13. The minimum absolute atomic E-state index is 0.330. The lowest BCUT2D eigenvalue weighted by molar-refractivity contribution is 0.353. The van der Waals surface area contributed by atoms with Gasteiger partial charge in [0.05, 0.1) is 31.3 Å². The van der Waals surface area contributed by atoms with Crippen LogP contribution in [0.1, 0.15) is 39.3 Å². The van der Waals surface area contributed by atoms with Crippen molar-refractivity contribution in [2.45, 2.75) is 24.7 Å². The summed E-state index contributed by atoms with van der Waals surface area (Å²) in [6.07, 6.45) is 2.96. The molecule has 7 heteroatoms. The summed E-state index contributed by atoms with van der Waals surface area (Å²) in [5, 5.41) is 22.1. The number of fused-ring (bicyclic) bond motifs is 8. The fraction of sp³-hybridized carbons (Fsp3) is 0.189. The van der Waals surface area contributed by atoms with Gasteiger partial charge in [-0.1, -0.05) is 79.9 Å². The maximum Gasteiger partial charge on any atom is 0.161 e. The second-order valence-electron chi connectivity index (χ2n) is 11.3. The maximum absolute atomic E-state index is 11.2. The van der Waals surface area contributed by atoms with Crippen molar-refractivity contribution in [2.75, 3.05) is 20.8 Å². The second kappa shape index (κ2) is 10.7. The summed E-state index contributed by atoms with van der Waals surface area (Å²) in [4.78, 5) is 2.04. The minimum Gasteiger partial charge on any atom is -0.493 e. The van der Waals surface area contributed by atoms with E-state index in [0.717, 1.165) is 59.2 Å². The van der Waals surface area contributed by atoms with Gasteiger partial charge >= 0.3 is 0 Å². The summed E-state index contributed by atoms with van der Waals surface area (Å²) in [5.41, 5.74) is 9.12. The van der Waals surface area contributed by atoms with Crippen molar-refractivity contribution in [3.63, 3.8) is 0 Å². The predicted molar refractivity (Wildman–Crippen MR) is 178 cm³/mol. The highest BCUT2D eigenvalue weighted by molar-refractivity contribution is 9.10. The fourth-order valence-corrected chi connectivity index (χ4v) is 8.04. The number of nitriles is 2. The Balaban J connectivity index is 1.67. The van der Waals surface area contributed by atoms with Crippen LogP contribution in [-0.4, -0.2) is 25.7 Å². The monoisotopic (exact) mass is 703 g/mol. The van der Waals surface area contributed by atoms with Crippen molar-refractivity contribution in [1.29, 1.82) is 10.5 Å². The maximum atomic E-state index is 11.2. The largest absolute Gasteiger partial charge is 0.493 e. The van der Waals surface area contributed by atoms with E-state index in [1.54, 1.807) is 14.2 Å². The summed E-state index contributed by atoms with van der Waals surface area (Å²) in [5.74, 6) is 0.957. The van der Waals surface area contributed by atoms with Crippen LogP contribution in [0.4, 0.5) is 0 Å².